The Morgan fingerprint density at radius 1 is 1.59 bits per heavy atom. The lowest BCUT2D eigenvalue weighted by atomic mass is 10.0. The van der Waals surface area contributed by atoms with Crippen LogP contribution in [0.25, 0.3) is 4.96 Å². The fraction of sp³-hybridized carbons (Fsp3) is 0.500. The van der Waals surface area contributed by atoms with E-state index in [1.54, 1.807) is 11.3 Å². The van der Waals surface area contributed by atoms with Gasteiger partial charge in [0.05, 0.1) is 12.1 Å². The average Bonchev–Trinajstić information content (AvgIpc) is 2.90. The van der Waals surface area contributed by atoms with Crippen molar-refractivity contribution < 1.29 is 9.53 Å². The topological polar surface area (TPSA) is 43.6 Å². The van der Waals surface area contributed by atoms with Crippen LogP contribution in [0.15, 0.2) is 17.8 Å². The first-order valence-electron chi connectivity index (χ1n) is 5.88. The summed E-state index contributed by atoms with van der Waals surface area (Å²) < 4.78 is 7.44. The molecule has 4 nitrogen and oxygen atoms in total. The smallest absolute Gasteiger partial charge is 0.193 e. The lowest BCUT2D eigenvalue weighted by Gasteiger charge is -2.20. The van der Waals surface area contributed by atoms with E-state index in [4.69, 9.17) is 4.74 Å². The molecule has 3 rings (SSSR count). The second kappa shape index (κ2) is 4.58. The van der Waals surface area contributed by atoms with Crippen molar-refractivity contribution in [2.24, 2.45) is 0 Å². The van der Waals surface area contributed by atoms with Crippen molar-refractivity contribution in [2.45, 2.75) is 31.8 Å². The molecule has 1 saturated heterocycles. The summed E-state index contributed by atoms with van der Waals surface area (Å²) in [6, 6.07) is 0. The summed E-state index contributed by atoms with van der Waals surface area (Å²) in [5.41, 5.74) is 0.844. The number of fused-ring (bicyclic) bond motifs is 1. The molecule has 5 heteroatoms. The maximum atomic E-state index is 12.0. The molecule has 1 atom stereocenters. The monoisotopic (exact) mass is 250 g/mol. The first kappa shape index (κ1) is 10.9. The summed E-state index contributed by atoms with van der Waals surface area (Å²) >= 11 is 1.58. The van der Waals surface area contributed by atoms with Gasteiger partial charge < -0.3 is 4.74 Å². The van der Waals surface area contributed by atoms with Crippen molar-refractivity contribution in [1.29, 1.82) is 0 Å². The highest BCUT2D eigenvalue weighted by Crippen LogP contribution is 2.17. The second-order valence-electron chi connectivity index (χ2n) is 4.32. The molecule has 2 aromatic rings. The average molecular weight is 250 g/mol. The number of imidazole rings is 1. The molecule has 1 aliphatic heterocycles. The number of carbonyl (C=O) groups is 1. The van der Waals surface area contributed by atoms with E-state index in [0.717, 1.165) is 29.9 Å². The van der Waals surface area contributed by atoms with Crippen molar-refractivity contribution in [2.75, 3.05) is 6.61 Å². The Morgan fingerprint density at radius 3 is 3.29 bits per heavy atom. The number of rotatable bonds is 3. The van der Waals surface area contributed by atoms with Gasteiger partial charge in [0, 0.05) is 24.4 Å². The molecule has 0 N–H and O–H groups in total. The lowest BCUT2D eigenvalue weighted by molar-refractivity contribution is -0.132. The Bertz CT molecular complexity index is 497. The minimum absolute atomic E-state index is 0.162. The SMILES string of the molecule is O=C(Cc1cn2ccsc2n1)C1CCCCO1. The van der Waals surface area contributed by atoms with Gasteiger partial charge in [0.1, 0.15) is 6.10 Å². The Hall–Kier alpha value is -1.20. The van der Waals surface area contributed by atoms with Crippen molar-refractivity contribution in [1.82, 2.24) is 9.38 Å². The number of hydrogen-bond donors (Lipinski definition) is 0. The largest absolute Gasteiger partial charge is 0.370 e. The molecule has 17 heavy (non-hydrogen) atoms. The van der Waals surface area contributed by atoms with Crippen LogP contribution in [0.1, 0.15) is 25.0 Å². The molecule has 0 aromatic carbocycles. The van der Waals surface area contributed by atoms with Gasteiger partial charge in [-0.15, -0.1) is 11.3 Å². The van der Waals surface area contributed by atoms with Gasteiger partial charge in [0.2, 0.25) is 0 Å². The van der Waals surface area contributed by atoms with Gasteiger partial charge in [0.15, 0.2) is 10.7 Å². The molecule has 0 saturated carbocycles. The summed E-state index contributed by atoms with van der Waals surface area (Å²) in [7, 11) is 0. The van der Waals surface area contributed by atoms with Crippen LogP contribution in [-0.2, 0) is 16.0 Å². The maximum absolute atomic E-state index is 12.0. The Balaban J connectivity index is 1.69. The first-order valence-corrected chi connectivity index (χ1v) is 6.76. The second-order valence-corrected chi connectivity index (χ2v) is 5.20. The van der Waals surface area contributed by atoms with Crippen molar-refractivity contribution in [3.8, 4) is 0 Å². The summed E-state index contributed by atoms with van der Waals surface area (Å²) in [5, 5.41) is 1.98. The summed E-state index contributed by atoms with van der Waals surface area (Å²) in [4.78, 5) is 17.3. The molecule has 3 heterocycles. The minimum Gasteiger partial charge on any atom is -0.370 e. The van der Waals surface area contributed by atoms with E-state index in [-0.39, 0.29) is 11.9 Å². The molecule has 0 bridgehead atoms. The molecular formula is C12H14N2O2S. The zero-order chi connectivity index (χ0) is 11.7. The van der Waals surface area contributed by atoms with Gasteiger partial charge in [-0.3, -0.25) is 9.20 Å². The first-order chi connectivity index (χ1) is 8.33. The Kier molecular flexibility index (Phi) is 2.94. The van der Waals surface area contributed by atoms with Crippen LogP contribution in [-0.4, -0.2) is 27.9 Å². The van der Waals surface area contributed by atoms with Gasteiger partial charge in [-0.05, 0) is 19.3 Å². The van der Waals surface area contributed by atoms with E-state index in [2.05, 4.69) is 4.98 Å². The molecule has 2 aromatic heterocycles. The van der Waals surface area contributed by atoms with Gasteiger partial charge in [-0.2, -0.15) is 0 Å². The molecule has 1 fully saturated rings. The Labute approximate surface area is 103 Å². The Morgan fingerprint density at radius 2 is 2.53 bits per heavy atom. The van der Waals surface area contributed by atoms with E-state index in [9.17, 15) is 4.79 Å². The van der Waals surface area contributed by atoms with Crippen molar-refractivity contribution >= 4 is 22.1 Å². The normalized spacial score (nSPS) is 20.8. The van der Waals surface area contributed by atoms with E-state index >= 15 is 0 Å². The number of thiazole rings is 1. The molecule has 0 radical (unpaired) electrons. The van der Waals surface area contributed by atoms with Crippen LogP contribution < -0.4 is 0 Å². The third kappa shape index (κ3) is 2.25. The molecule has 1 aliphatic rings. The number of ketones is 1. The third-order valence-corrected chi connectivity index (χ3v) is 3.81. The van der Waals surface area contributed by atoms with Gasteiger partial charge in [-0.1, -0.05) is 0 Å². The third-order valence-electron chi connectivity index (χ3n) is 3.04. The fourth-order valence-electron chi connectivity index (χ4n) is 2.15. The standard InChI is InChI=1S/C12H14N2O2S/c15-10(11-3-1-2-5-16-11)7-9-8-14-4-6-17-12(14)13-9/h4,6,8,11H,1-3,5,7H2. The number of hydrogen-bond acceptors (Lipinski definition) is 4. The molecule has 0 aliphatic carbocycles. The van der Waals surface area contributed by atoms with E-state index in [1.165, 1.54) is 0 Å². The van der Waals surface area contributed by atoms with Gasteiger partial charge in [0.25, 0.3) is 0 Å². The quantitative estimate of drug-likeness (QED) is 0.837. The highest BCUT2D eigenvalue weighted by molar-refractivity contribution is 7.15. The van der Waals surface area contributed by atoms with Crippen LogP contribution in [0, 0.1) is 0 Å². The highest BCUT2D eigenvalue weighted by Gasteiger charge is 2.22. The van der Waals surface area contributed by atoms with Crippen molar-refractivity contribution in [3.05, 3.63) is 23.5 Å². The number of Topliss-reactive ketones (excluding diaryl/α,β-unsaturated/α-hetero) is 1. The van der Waals surface area contributed by atoms with E-state index in [0.29, 0.717) is 13.0 Å². The zero-order valence-electron chi connectivity index (χ0n) is 9.46. The van der Waals surface area contributed by atoms with Gasteiger partial charge >= 0.3 is 0 Å². The summed E-state index contributed by atoms with van der Waals surface area (Å²) in [6.45, 7) is 0.717. The highest BCUT2D eigenvalue weighted by atomic mass is 32.1. The van der Waals surface area contributed by atoms with E-state index < -0.39 is 0 Å². The molecule has 90 valence electrons. The van der Waals surface area contributed by atoms with Crippen LogP contribution in [0.3, 0.4) is 0 Å². The van der Waals surface area contributed by atoms with Crippen LogP contribution >= 0.6 is 11.3 Å². The number of aromatic nitrogens is 2. The number of ether oxygens (including phenoxy) is 1. The fourth-order valence-corrected chi connectivity index (χ4v) is 2.87. The van der Waals surface area contributed by atoms with Crippen LogP contribution in [0.5, 0.6) is 0 Å². The zero-order valence-corrected chi connectivity index (χ0v) is 10.3. The lowest BCUT2D eigenvalue weighted by Crippen LogP contribution is -2.29. The molecule has 1 unspecified atom stereocenters. The minimum atomic E-state index is -0.205. The molecule has 0 amide bonds. The number of nitrogens with zero attached hydrogens (tertiary/aromatic N) is 2. The predicted octanol–water partition coefficient (Wildman–Crippen LogP) is 2.08. The van der Waals surface area contributed by atoms with Gasteiger partial charge in [-0.25, -0.2) is 4.98 Å². The van der Waals surface area contributed by atoms with Crippen LogP contribution in [0.2, 0.25) is 0 Å². The van der Waals surface area contributed by atoms with Crippen molar-refractivity contribution in [3.63, 3.8) is 0 Å². The van der Waals surface area contributed by atoms with E-state index in [1.807, 2.05) is 22.2 Å². The maximum Gasteiger partial charge on any atom is 0.193 e. The summed E-state index contributed by atoms with van der Waals surface area (Å²) in [5.74, 6) is 0.162. The predicted molar refractivity (Wildman–Crippen MR) is 65.4 cm³/mol. The molecular weight excluding hydrogens is 236 g/mol. The molecule has 0 spiro atoms. The number of carbonyl (C=O) groups excluding carboxylic acids is 1. The summed E-state index contributed by atoms with van der Waals surface area (Å²) in [6.07, 6.45) is 7.09. The van der Waals surface area contributed by atoms with Crippen LogP contribution in [0.4, 0.5) is 0 Å².